The Kier molecular flexibility index (Phi) is 38.1. The van der Waals surface area contributed by atoms with E-state index in [0.29, 0.717) is 23.9 Å². The number of phosphoric acid groups is 1. The maximum atomic E-state index is 12.7. The van der Waals surface area contributed by atoms with Gasteiger partial charge in [-0.3, -0.25) is 14.2 Å². The lowest BCUT2D eigenvalue weighted by molar-refractivity contribution is -0.870. The lowest BCUT2D eigenvalue weighted by atomic mass is 10.1. The van der Waals surface area contributed by atoms with E-state index in [9.17, 15) is 19.0 Å². The van der Waals surface area contributed by atoms with Crippen molar-refractivity contribution in [2.75, 3.05) is 47.5 Å². The normalized spacial score (nSPS) is 14.2. The molecule has 0 aliphatic heterocycles. The zero-order valence-electron chi connectivity index (χ0n) is 37.5. The van der Waals surface area contributed by atoms with Crippen LogP contribution in [0.2, 0.25) is 0 Å². The second-order valence-electron chi connectivity index (χ2n) is 16.1. The van der Waals surface area contributed by atoms with Crippen LogP contribution in [0.25, 0.3) is 0 Å². The Hall–Kier alpha value is -2.55. The first-order valence-corrected chi connectivity index (χ1v) is 24.1. The number of carbonyl (C=O) groups is 2. The van der Waals surface area contributed by atoms with Gasteiger partial charge in [-0.05, 0) is 89.9 Å². The summed E-state index contributed by atoms with van der Waals surface area (Å²) in [4.78, 5) is 37.5. The summed E-state index contributed by atoms with van der Waals surface area (Å²) in [5, 5.41) is 0. The Morgan fingerprint density at radius 3 is 1.40 bits per heavy atom. The molecule has 0 saturated carbocycles. The van der Waals surface area contributed by atoms with E-state index in [1.165, 1.54) is 51.4 Å². The fourth-order valence-electron chi connectivity index (χ4n) is 5.61. The maximum absolute atomic E-state index is 12.7. The van der Waals surface area contributed by atoms with E-state index in [-0.39, 0.29) is 26.1 Å². The molecular weight excluding hydrogens is 750 g/mol. The van der Waals surface area contributed by atoms with E-state index in [0.717, 1.165) is 77.0 Å². The van der Waals surface area contributed by atoms with Gasteiger partial charge < -0.3 is 27.9 Å². The van der Waals surface area contributed by atoms with Crippen LogP contribution in [-0.4, -0.2) is 70.0 Å². The molecule has 0 N–H and O–H groups in total. The predicted octanol–water partition coefficient (Wildman–Crippen LogP) is 12.4. The molecule has 0 aromatic carbocycles. The highest BCUT2D eigenvalue weighted by Crippen LogP contribution is 2.38. The molecule has 0 heterocycles. The summed E-state index contributed by atoms with van der Waals surface area (Å²) in [6.07, 6.45) is 49.2. The number of likely N-dealkylation sites (N-methyl/N-ethyl adjacent to an activating group) is 1. The average molecular weight is 834 g/mol. The Morgan fingerprint density at radius 2 is 0.931 bits per heavy atom. The SMILES string of the molecule is CCCCC/C=C/C/C=C/C/C=C/C/C=C/CCCCCC(=O)OC[C@H](COP(=O)([O-])OCC[N+](C)(C)C)OC(=O)CCCCCCC/C=C/C/C=C/CCCCC. The number of quaternary nitrogens is 1. The molecule has 10 heteroatoms. The number of hydrogen-bond acceptors (Lipinski definition) is 8. The quantitative estimate of drug-likeness (QED) is 0.0197. The molecule has 2 atom stereocenters. The van der Waals surface area contributed by atoms with Crippen LogP contribution in [-0.2, 0) is 32.7 Å². The van der Waals surface area contributed by atoms with Crippen LogP contribution in [0.5, 0.6) is 0 Å². The van der Waals surface area contributed by atoms with Gasteiger partial charge in [0.1, 0.15) is 19.8 Å². The van der Waals surface area contributed by atoms with Gasteiger partial charge in [0, 0.05) is 12.8 Å². The van der Waals surface area contributed by atoms with Crippen molar-refractivity contribution in [3.05, 3.63) is 72.9 Å². The molecule has 0 radical (unpaired) electrons. The summed E-state index contributed by atoms with van der Waals surface area (Å²) in [6.45, 7) is 4.10. The lowest BCUT2D eigenvalue weighted by Gasteiger charge is -2.28. The van der Waals surface area contributed by atoms with Crippen molar-refractivity contribution in [2.45, 2.75) is 174 Å². The minimum Gasteiger partial charge on any atom is -0.756 e. The zero-order valence-corrected chi connectivity index (χ0v) is 38.4. The minimum absolute atomic E-state index is 0.0427. The average Bonchev–Trinajstić information content (AvgIpc) is 3.17. The largest absolute Gasteiger partial charge is 0.756 e. The van der Waals surface area contributed by atoms with Gasteiger partial charge in [-0.2, -0.15) is 0 Å². The number of nitrogens with zero attached hydrogens (tertiary/aromatic N) is 1. The van der Waals surface area contributed by atoms with Gasteiger partial charge in [0.2, 0.25) is 0 Å². The minimum atomic E-state index is -4.64. The van der Waals surface area contributed by atoms with Crippen LogP contribution in [0.15, 0.2) is 72.9 Å². The summed E-state index contributed by atoms with van der Waals surface area (Å²) >= 11 is 0. The molecule has 1 unspecified atom stereocenters. The Morgan fingerprint density at radius 1 is 0.534 bits per heavy atom. The predicted molar refractivity (Wildman–Crippen MR) is 240 cm³/mol. The molecule has 0 aromatic rings. The van der Waals surface area contributed by atoms with Crippen molar-refractivity contribution < 1.29 is 42.1 Å². The van der Waals surface area contributed by atoms with Crippen LogP contribution in [0.1, 0.15) is 168 Å². The van der Waals surface area contributed by atoms with Crippen molar-refractivity contribution in [3.63, 3.8) is 0 Å². The van der Waals surface area contributed by atoms with Crippen LogP contribution in [0, 0.1) is 0 Å². The molecule has 0 bridgehead atoms. The fourth-order valence-corrected chi connectivity index (χ4v) is 6.34. The molecule has 0 aliphatic carbocycles. The maximum Gasteiger partial charge on any atom is 0.306 e. The van der Waals surface area contributed by atoms with Crippen LogP contribution in [0.4, 0.5) is 0 Å². The Balaban J connectivity index is 4.44. The van der Waals surface area contributed by atoms with Gasteiger partial charge >= 0.3 is 11.9 Å². The highest BCUT2D eigenvalue weighted by molar-refractivity contribution is 7.45. The molecule has 0 amide bonds. The topological polar surface area (TPSA) is 111 Å². The van der Waals surface area contributed by atoms with Crippen molar-refractivity contribution in [3.8, 4) is 0 Å². The van der Waals surface area contributed by atoms with Crippen molar-refractivity contribution >= 4 is 19.8 Å². The number of hydrogen-bond donors (Lipinski definition) is 0. The van der Waals surface area contributed by atoms with Crippen LogP contribution >= 0.6 is 7.82 Å². The zero-order chi connectivity index (χ0) is 42.8. The Labute approximate surface area is 355 Å². The monoisotopic (exact) mass is 834 g/mol. The summed E-state index contributed by atoms with van der Waals surface area (Å²) in [5.41, 5.74) is 0. The molecule has 0 fully saturated rings. The van der Waals surface area contributed by atoms with E-state index >= 15 is 0 Å². The molecule has 334 valence electrons. The summed E-state index contributed by atoms with van der Waals surface area (Å²) in [5.74, 6) is -0.893. The van der Waals surface area contributed by atoms with Crippen LogP contribution in [0.3, 0.4) is 0 Å². The smallest absolute Gasteiger partial charge is 0.306 e. The number of rotatable bonds is 40. The Bertz CT molecular complexity index is 1220. The van der Waals surface area contributed by atoms with Gasteiger partial charge in [0.05, 0.1) is 27.7 Å². The molecule has 0 aliphatic rings. The summed E-state index contributed by atoms with van der Waals surface area (Å²) in [6, 6.07) is 0. The van der Waals surface area contributed by atoms with Gasteiger partial charge in [-0.15, -0.1) is 0 Å². The number of phosphoric ester groups is 1. The summed E-state index contributed by atoms with van der Waals surface area (Å²) in [7, 11) is 1.12. The van der Waals surface area contributed by atoms with Crippen molar-refractivity contribution in [1.29, 1.82) is 0 Å². The highest BCUT2D eigenvalue weighted by Gasteiger charge is 2.21. The second-order valence-corrected chi connectivity index (χ2v) is 17.5. The van der Waals surface area contributed by atoms with Crippen molar-refractivity contribution in [2.24, 2.45) is 0 Å². The third-order valence-electron chi connectivity index (χ3n) is 9.20. The van der Waals surface area contributed by atoms with Gasteiger partial charge in [0.25, 0.3) is 7.82 Å². The molecule has 9 nitrogen and oxygen atoms in total. The van der Waals surface area contributed by atoms with Crippen molar-refractivity contribution in [1.82, 2.24) is 0 Å². The highest BCUT2D eigenvalue weighted by atomic mass is 31.2. The fraction of sp³-hybridized carbons (Fsp3) is 0.708. The molecule has 58 heavy (non-hydrogen) atoms. The van der Waals surface area contributed by atoms with E-state index in [1.807, 2.05) is 21.1 Å². The molecule has 0 rings (SSSR count). The third-order valence-corrected chi connectivity index (χ3v) is 10.2. The first kappa shape index (κ1) is 55.5. The number of carbonyl (C=O) groups excluding carboxylic acids is 2. The number of unbranched alkanes of at least 4 members (excludes halogenated alkanes) is 14. The standard InChI is InChI=1S/C48H84NO8P/c1-6-8-10-12-14-16-18-20-22-23-24-25-27-28-30-32-34-36-38-40-47(50)54-44-46(45-56-58(52,53)55-43-42-49(3,4)5)57-48(51)41-39-37-35-33-31-29-26-21-19-17-15-13-11-9-7-2/h14-17,20-22,24-26,28,30,46H,6-13,18-19,23,27,29,31-45H2,1-5H3/b16-14+,17-15+,22-20+,25-24+,26-21+,30-28+/t46-/m1/s1. The lowest BCUT2D eigenvalue weighted by Crippen LogP contribution is -2.37. The first-order valence-electron chi connectivity index (χ1n) is 22.6. The van der Waals surface area contributed by atoms with Gasteiger partial charge in [-0.1, -0.05) is 138 Å². The molecular formula is C48H84NO8P. The van der Waals surface area contributed by atoms with Crippen LogP contribution < -0.4 is 4.89 Å². The van der Waals surface area contributed by atoms with E-state index in [2.05, 4.69) is 86.8 Å². The molecule has 0 aromatic heterocycles. The van der Waals surface area contributed by atoms with Gasteiger partial charge in [-0.25, -0.2) is 0 Å². The number of allylic oxidation sites excluding steroid dienone is 12. The summed E-state index contributed by atoms with van der Waals surface area (Å²) < 4.78 is 33.9. The van der Waals surface area contributed by atoms with E-state index in [4.69, 9.17) is 18.5 Å². The second kappa shape index (κ2) is 39.9. The van der Waals surface area contributed by atoms with E-state index in [1.54, 1.807) is 0 Å². The first-order chi connectivity index (χ1) is 28.0. The number of ether oxygens (including phenoxy) is 2. The van der Waals surface area contributed by atoms with E-state index < -0.39 is 32.5 Å². The third kappa shape index (κ3) is 43.0. The number of esters is 2. The molecule has 0 saturated heterocycles. The van der Waals surface area contributed by atoms with Gasteiger partial charge in [0.15, 0.2) is 6.10 Å². The molecule has 0 spiro atoms.